The molecular weight excluding hydrogens is 373 g/mol. The fourth-order valence-corrected chi connectivity index (χ4v) is 3.29. The van der Waals surface area contributed by atoms with Gasteiger partial charge in [-0.1, -0.05) is 12.1 Å². The first-order valence-corrected chi connectivity index (χ1v) is 9.20. The fraction of sp³-hybridized carbons (Fsp3) is 0.278. The van der Waals surface area contributed by atoms with Crippen molar-refractivity contribution in [1.82, 2.24) is 5.32 Å². The molecule has 0 bridgehead atoms. The van der Waals surface area contributed by atoms with Crippen LogP contribution in [0.4, 0.5) is 9.39 Å². The number of carbonyl (C=O) groups excluding carboxylic acids is 3. The maximum Gasteiger partial charge on any atom is 0.341 e. The van der Waals surface area contributed by atoms with Gasteiger partial charge in [0, 0.05) is 18.0 Å². The molecule has 0 atom stereocenters. The van der Waals surface area contributed by atoms with E-state index < -0.39 is 5.97 Å². The van der Waals surface area contributed by atoms with E-state index in [-0.39, 0.29) is 42.9 Å². The van der Waals surface area contributed by atoms with Crippen molar-refractivity contribution in [3.63, 3.8) is 0 Å². The summed E-state index contributed by atoms with van der Waals surface area (Å²) in [6, 6.07) is 5.72. The third kappa shape index (κ3) is 5.60. The van der Waals surface area contributed by atoms with E-state index in [4.69, 9.17) is 4.74 Å². The van der Waals surface area contributed by atoms with Gasteiger partial charge in [-0.25, -0.2) is 9.18 Å². The molecule has 0 radical (unpaired) electrons. The van der Waals surface area contributed by atoms with Crippen LogP contribution in [-0.2, 0) is 14.3 Å². The van der Waals surface area contributed by atoms with Crippen molar-refractivity contribution >= 4 is 34.1 Å². The predicted molar refractivity (Wildman–Crippen MR) is 100 cm³/mol. The van der Waals surface area contributed by atoms with Gasteiger partial charge in [0.1, 0.15) is 16.4 Å². The molecule has 1 heterocycles. The highest BCUT2D eigenvalue weighted by molar-refractivity contribution is 7.15. The van der Waals surface area contributed by atoms with Crippen molar-refractivity contribution < 1.29 is 28.8 Å². The second kappa shape index (κ2) is 9.79. The van der Waals surface area contributed by atoms with Crippen molar-refractivity contribution in [2.75, 3.05) is 32.1 Å². The minimum absolute atomic E-state index is 0.0272. The molecule has 2 amide bonds. The molecule has 0 saturated heterocycles. The molecule has 2 aromatic rings. The Morgan fingerprint density at radius 1 is 1.15 bits per heavy atom. The van der Waals surface area contributed by atoms with Crippen LogP contribution in [0.25, 0.3) is 11.1 Å². The van der Waals surface area contributed by atoms with Crippen LogP contribution in [0.15, 0.2) is 29.6 Å². The zero-order valence-corrected chi connectivity index (χ0v) is 15.8. The highest BCUT2D eigenvalue weighted by Crippen LogP contribution is 2.36. The van der Waals surface area contributed by atoms with Gasteiger partial charge < -0.3 is 20.7 Å². The summed E-state index contributed by atoms with van der Waals surface area (Å²) in [7, 11) is 1.52. The third-order valence-corrected chi connectivity index (χ3v) is 4.51. The summed E-state index contributed by atoms with van der Waals surface area (Å²) in [5.41, 5.74) is 1.43. The van der Waals surface area contributed by atoms with Gasteiger partial charge in [0.15, 0.2) is 13.1 Å². The molecular formula is C18H21FN3O4S+. The average molecular weight is 394 g/mol. The van der Waals surface area contributed by atoms with E-state index in [0.29, 0.717) is 16.1 Å². The van der Waals surface area contributed by atoms with Crippen LogP contribution >= 0.6 is 11.3 Å². The number of quaternary nitrogens is 1. The number of amides is 2. The lowest BCUT2D eigenvalue weighted by molar-refractivity contribution is -0.632. The molecule has 0 spiro atoms. The van der Waals surface area contributed by atoms with Crippen molar-refractivity contribution in [3.05, 3.63) is 41.0 Å². The highest BCUT2D eigenvalue weighted by atomic mass is 32.1. The summed E-state index contributed by atoms with van der Waals surface area (Å²) >= 11 is 1.18. The molecule has 0 aliphatic carbocycles. The molecule has 7 nitrogen and oxygen atoms in total. The van der Waals surface area contributed by atoms with Crippen molar-refractivity contribution in [2.24, 2.45) is 0 Å². The first-order valence-electron chi connectivity index (χ1n) is 8.32. The molecule has 27 heavy (non-hydrogen) atoms. The number of thiophene rings is 1. The molecule has 0 unspecified atom stereocenters. The number of nitrogens with one attached hydrogen (secondary N) is 2. The standard InChI is InChI=1S/C18H20FN3O4S/c1-3-26-18(25)16-13(11-4-6-12(19)7-5-11)10-27-17(16)22-15(24)9-21-8-14(23)20-2/h4-7,10,21H,3,8-9H2,1-2H3,(H,20,23)(H,22,24)/p+1. The number of benzene rings is 1. The normalized spacial score (nSPS) is 10.3. The summed E-state index contributed by atoms with van der Waals surface area (Å²) in [6.45, 7) is 2.03. The smallest absolute Gasteiger partial charge is 0.341 e. The first kappa shape index (κ1) is 20.5. The maximum absolute atomic E-state index is 13.2. The Balaban J connectivity index is 2.20. The number of hydrogen-bond acceptors (Lipinski definition) is 5. The number of nitrogens with two attached hydrogens (primary N) is 1. The Morgan fingerprint density at radius 3 is 2.44 bits per heavy atom. The highest BCUT2D eigenvalue weighted by Gasteiger charge is 2.23. The SMILES string of the molecule is CCOC(=O)c1c(-c2ccc(F)cc2)csc1NC(=O)C[NH2+]CC(=O)NC. The van der Waals surface area contributed by atoms with E-state index in [1.807, 2.05) is 0 Å². The third-order valence-electron chi connectivity index (χ3n) is 3.62. The van der Waals surface area contributed by atoms with Gasteiger partial charge in [0.2, 0.25) is 0 Å². The minimum atomic E-state index is -0.567. The zero-order valence-electron chi connectivity index (χ0n) is 15.0. The Labute approximate surface area is 159 Å². The topological polar surface area (TPSA) is 101 Å². The number of halogens is 1. The molecule has 0 fully saturated rings. The Bertz CT molecular complexity index is 821. The van der Waals surface area contributed by atoms with Gasteiger partial charge in [0.05, 0.1) is 6.61 Å². The number of likely N-dealkylation sites (N-methyl/N-ethyl adjacent to an activating group) is 1. The minimum Gasteiger partial charge on any atom is -0.462 e. The Morgan fingerprint density at radius 2 is 1.81 bits per heavy atom. The number of ether oxygens (including phenoxy) is 1. The molecule has 2 rings (SSSR count). The number of anilines is 1. The molecule has 0 aliphatic heterocycles. The quantitative estimate of drug-likeness (QED) is 0.581. The van der Waals surface area contributed by atoms with E-state index in [0.717, 1.165) is 0 Å². The number of hydrogen-bond donors (Lipinski definition) is 3. The zero-order chi connectivity index (χ0) is 19.8. The molecule has 1 aromatic carbocycles. The second-order valence-corrected chi connectivity index (χ2v) is 6.38. The lowest BCUT2D eigenvalue weighted by atomic mass is 10.0. The Hall–Kier alpha value is -2.78. The van der Waals surface area contributed by atoms with E-state index in [1.165, 1.54) is 30.5 Å². The average Bonchev–Trinajstić information content (AvgIpc) is 3.05. The lowest BCUT2D eigenvalue weighted by Gasteiger charge is -2.08. The second-order valence-electron chi connectivity index (χ2n) is 5.50. The van der Waals surface area contributed by atoms with Gasteiger partial charge in [-0.2, -0.15) is 0 Å². The summed E-state index contributed by atoms with van der Waals surface area (Å²) < 4.78 is 18.3. The van der Waals surface area contributed by atoms with Crippen molar-refractivity contribution in [3.8, 4) is 11.1 Å². The fourth-order valence-electron chi connectivity index (χ4n) is 2.31. The lowest BCUT2D eigenvalue weighted by Crippen LogP contribution is -2.88. The number of esters is 1. The van der Waals surface area contributed by atoms with E-state index in [9.17, 15) is 18.8 Å². The van der Waals surface area contributed by atoms with Crippen LogP contribution in [0.3, 0.4) is 0 Å². The summed E-state index contributed by atoms with van der Waals surface area (Å²) in [5, 5.41) is 8.76. The monoisotopic (exact) mass is 394 g/mol. The Kier molecular flexibility index (Phi) is 7.44. The van der Waals surface area contributed by atoms with Crippen LogP contribution in [0, 0.1) is 5.82 Å². The van der Waals surface area contributed by atoms with E-state index in [2.05, 4.69) is 10.6 Å². The van der Waals surface area contributed by atoms with E-state index in [1.54, 1.807) is 29.8 Å². The summed E-state index contributed by atoms with van der Waals surface area (Å²) in [5.74, 6) is -1.49. The van der Waals surface area contributed by atoms with Gasteiger partial charge in [-0.15, -0.1) is 11.3 Å². The van der Waals surface area contributed by atoms with Crippen LogP contribution in [0.5, 0.6) is 0 Å². The van der Waals surface area contributed by atoms with Gasteiger partial charge in [-0.05, 0) is 24.6 Å². The number of rotatable bonds is 8. The van der Waals surface area contributed by atoms with Crippen LogP contribution < -0.4 is 16.0 Å². The predicted octanol–water partition coefficient (Wildman–Crippen LogP) is 0.979. The van der Waals surface area contributed by atoms with Crippen LogP contribution in [0.1, 0.15) is 17.3 Å². The molecule has 9 heteroatoms. The van der Waals surface area contributed by atoms with Crippen LogP contribution in [-0.4, -0.2) is 44.5 Å². The van der Waals surface area contributed by atoms with Gasteiger partial charge >= 0.3 is 5.97 Å². The molecule has 144 valence electrons. The molecule has 0 aliphatic rings. The van der Waals surface area contributed by atoms with Crippen molar-refractivity contribution in [2.45, 2.75) is 6.92 Å². The van der Waals surface area contributed by atoms with Gasteiger partial charge in [0.25, 0.3) is 11.8 Å². The summed E-state index contributed by atoms with van der Waals surface area (Å²) in [6.07, 6.45) is 0. The maximum atomic E-state index is 13.2. The molecule has 1 aromatic heterocycles. The van der Waals surface area contributed by atoms with Crippen LogP contribution in [0.2, 0.25) is 0 Å². The molecule has 0 saturated carbocycles. The largest absolute Gasteiger partial charge is 0.462 e. The molecule has 4 N–H and O–H groups in total. The summed E-state index contributed by atoms with van der Waals surface area (Å²) in [4.78, 5) is 35.7. The van der Waals surface area contributed by atoms with Gasteiger partial charge in [-0.3, -0.25) is 9.59 Å². The van der Waals surface area contributed by atoms with Crippen molar-refractivity contribution in [1.29, 1.82) is 0 Å². The number of carbonyl (C=O) groups is 3. The van der Waals surface area contributed by atoms with E-state index >= 15 is 0 Å². The first-order chi connectivity index (χ1) is 13.0.